The van der Waals surface area contributed by atoms with Crippen LogP contribution in [0.5, 0.6) is 0 Å². The molecule has 0 aliphatic heterocycles. The van der Waals surface area contributed by atoms with Crippen LogP contribution in [0.4, 0.5) is 4.39 Å². The first kappa shape index (κ1) is 26.8. The Morgan fingerprint density at radius 1 is 1.19 bits per heavy atom. The van der Waals surface area contributed by atoms with E-state index in [0.29, 0.717) is 24.8 Å². The molecule has 4 fully saturated rings. The molecule has 10 atom stereocenters. The van der Waals surface area contributed by atoms with E-state index < -0.39 is 95.2 Å². The van der Waals surface area contributed by atoms with Gasteiger partial charge in [-0.1, -0.05) is 25.5 Å². The number of hydrogen-bond acceptors (Lipinski definition) is 7. The van der Waals surface area contributed by atoms with Crippen molar-refractivity contribution in [2.75, 3.05) is 6.61 Å². The molecule has 0 bridgehead atoms. The van der Waals surface area contributed by atoms with E-state index in [-0.39, 0.29) is 24.5 Å². The molecule has 5 aliphatic carbocycles. The predicted octanol–water partition coefficient (Wildman–Crippen LogP) is 3.49. The zero-order chi connectivity index (χ0) is 27.1. The summed E-state index contributed by atoms with van der Waals surface area (Å²) < 4.78 is 34.4. The number of carbonyl (C=O) groups excluding carboxylic acids is 3. The molecule has 10 heteroatoms. The average Bonchev–Trinajstić information content (AvgIpc) is 3.63. The zero-order valence-electron chi connectivity index (χ0n) is 21.0. The lowest BCUT2D eigenvalue weighted by molar-refractivity contribution is -0.182. The highest BCUT2D eigenvalue weighted by atomic mass is 127. The normalized spacial score (nSPS) is 47.8. The van der Waals surface area contributed by atoms with Crippen LogP contribution in [0, 0.1) is 40.4 Å². The monoisotopic (exact) mass is 630 g/mol. The summed E-state index contributed by atoms with van der Waals surface area (Å²) in [6.45, 7) is 4.58. The third kappa shape index (κ3) is 3.46. The highest BCUT2D eigenvalue weighted by Crippen LogP contribution is 2.72. The van der Waals surface area contributed by atoms with Crippen LogP contribution in [0.2, 0.25) is 0 Å². The standard InChI is InChI=1S/C27H32FIO8/c1-13-8-19-18-5-4-14-9-15(30)6-7-24(14,2)26(18,28)20(29-36)11-25(19,3)27(13,35)21(31)12-37-23(34)17-10-16(17)22(32)33/h6-7,9,13,16-20,35H,4-5,8,10-12H2,1-3H3,(H,32,33)/t13-,16-,17-,18+,19+,20+,24+,25+,26+,27+/m1/s1. The SMILES string of the molecule is C[C@@H]1C[C@H]2[C@@H]3CCC4=CC(=O)C=C[C@]4(C)[C@@]3(F)[C@@H](I=O)C[C@]2(C)[C@@]1(O)C(=O)COC(=O)[C@@H]1C[C@H]1C(=O)O. The molecule has 0 aromatic heterocycles. The Balaban J connectivity index is 1.44. The van der Waals surface area contributed by atoms with E-state index >= 15 is 4.39 Å². The van der Waals surface area contributed by atoms with Gasteiger partial charge in [-0.25, -0.2) is 4.39 Å². The Hall–Kier alpha value is -1.82. The molecule has 0 unspecified atom stereocenters. The number of ether oxygens (including phenoxy) is 1. The summed E-state index contributed by atoms with van der Waals surface area (Å²) in [4.78, 5) is 48.9. The Bertz CT molecular complexity index is 1170. The molecule has 0 spiro atoms. The van der Waals surface area contributed by atoms with Crippen molar-refractivity contribution < 1.29 is 41.6 Å². The van der Waals surface area contributed by atoms with Crippen molar-refractivity contribution in [2.24, 2.45) is 40.4 Å². The first-order valence-corrected chi connectivity index (χ1v) is 14.9. The minimum absolute atomic E-state index is 0.0380. The first-order chi connectivity index (χ1) is 17.3. The molecule has 2 N–H and O–H groups in total. The summed E-state index contributed by atoms with van der Waals surface area (Å²) in [6.07, 6.45) is 5.99. The lowest BCUT2D eigenvalue weighted by Gasteiger charge is -2.62. The number of allylic oxidation sites excluding steroid dienone is 4. The number of ketones is 2. The second-order valence-corrected chi connectivity index (χ2v) is 14.0. The van der Waals surface area contributed by atoms with Gasteiger partial charge in [-0.05, 0) is 68.9 Å². The van der Waals surface area contributed by atoms with Crippen molar-refractivity contribution in [1.82, 2.24) is 0 Å². The van der Waals surface area contributed by atoms with Gasteiger partial charge in [0.15, 0.2) is 33.6 Å². The lowest BCUT2D eigenvalue weighted by Crippen LogP contribution is -2.68. The van der Waals surface area contributed by atoms with Gasteiger partial charge in [-0.15, -0.1) is 0 Å². The van der Waals surface area contributed by atoms with Gasteiger partial charge in [0, 0.05) is 10.8 Å². The number of rotatable bonds is 6. The van der Waals surface area contributed by atoms with E-state index in [0.717, 1.165) is 0 Å². The first-order valence-electron chi connectivity index (χ1n) is 12.8. The second kappa shape index (κ2) is 8.59. The number of Topliss-reactive ketones (excluding diaryl/α,β-unsaturated/α-hetero) is 1. The van der Waals surface area contributed by atoms with Gasteiger partial charge in [0.2, 0.25) is 5.78 Å². The summed E-state index contributed by atoms with van der Waals surface area (Å²) in [5, 5.41) is 21.0. The number of hydrogen-bond donors (Lipinski definition) is 2. The molecule has 0 saturated heterocycles. The van der Waals surface area contributed by atoms with Crippen LogP contribution in [0.15, 0.2) is 23.8 Å². The molecule has 4 saturated carbocycles. The van der Waals surface area contributed by atoms with Crippen molar-refractivity contribution in [3.05, 3.63) is 23.8 Å². The largest absolute Gasteiger partial charge is 0.481 e. The predicted molar refractivity (Wildman–Crippen MR) is 136 cm³/mol. The van der Waals surface area contributed by atoms with Gasteiger partial charge in [0.25, 0.3) is 0 Å². The van der Waals surface area contributed by atoms with Crippen molar-refractivity contribution >= 4 is 44.7 Å². The minimum Gasteiger partial charge on any atom is -0.481 e. The summed E-state index contributed by atoms with van der Waals surface area (Å²) >= 11 is -1.89. The van der Waals surface area contributed by atoms with E-state index in [1.165, 1.54) is 12.2 Å². The maximum Gasteiger partial charge on any atom is 0.310 e. The third-order valence-electron chi connectivity index (χ3n) is 10.5. The fraction of sp³-hybridized carbons (Fsp3) is 0.704. The number of aliphatic hydroxyl groups is 1. The minimum atomic E-state index is -1.92. The molecule has 0 heterocycles. The van der Waals surface area contributed by atoms with Crippen LogP contribution in [0.3, 0.4) is 0 Å². The van der Waals surface area contributed by atoms with Crippen LogP contribution in [0.1, 0.15) is 52.9 Å². The molecule has 0 aromatic carbocycles. The van der Waals surface area contributed by atoms with Gasteiger partial charge in [-0.2, -0.15) is 0 Å². The van der Waals surface area contributed by atoms with Gasteiger partial charge in [-0.3, -0.25) is 22.2 Å². The van der Waals surface area contributed by atoms with Gasteiger partial charge < -0.3 is 14.9 Å². The summed E-state index contributed by atoms with van der Waals surface area (Å²) in [7, 11) is 0. The Morgan fingerprint density at radius 2 is 1.89 bits per heavy atom. The van der Waals surface area contributed by atoms with E-state index in [1.807, 2.05) is 0 Å². The summed E-state index contributed by atoms with van der Waals surface area (Å²) in [5.74, 6) is -5.85. The van der Waals surface area contributed by atoms with Crippen molar-refractivity contribution in [1.29, 1.82) is 0 Å². The average molecular weight is 630 g/mol. The smallest absolute Gasteiger partial charge is 0.310 e. The molecule has 0 radical (unpaired) electrons. The van der Waals surface area contributed by atoms with Crippen LogP contribution in [-0.4, -0.2) is 55.5 Å². The van der Waals surface area contributed by atoms with E-state index in [1.54, 1.807) is 26.8 Å². The van der Waals surface area contributed by atoms with Gasteiger partial charge >= 0.3 is 11.9 Å². The molecule has 5 rings (SSSR count). The van der Waals surface area contributed by atoms with E-state index in [9.17, 15) is 27.4 Å². The van der Waals surface area contributed by atoms with Crippen LogP contribution < -0.4 is 0 Å². The lowest BCUT2D eigenvalue weighted by atomic mass is 9.45. The number of fused-ring (bicyclic) bond motifs is 5. The number of halogens is 2. The quantitative estimate of drug-likeness (QED) is 0.259. The maximum absolute atomic E-state index is 17.5. The highest BCUT2D eigenvalue weighted by molar-refractivity contribution is 14.1. The molecular weight excluding hydrogens is 598 g/mol. The number of carboxylic acids is 1. The fourth-order valence-electron chi connectivity index (χ4n) is 8.25. The van der Waals surface area contributed by atoms with Crippen molar-refractivity contribution in [3.8, 4) is 0 Å². The van der Waals surface area contributed by atoms with Crippen LogP contribution >= 0.6 is 21.2 Å². The molecule has 0 aromatic rings. The summed E-state index contributed by atoms with van der Waals surface area (Å²) in [5.41, 5.74) is -5.27. The number of carboxylic acid groups (broad SMARTS) is 1. The molecular formula is C27H32FIO8. The van der Waals surface area contributed by atoms with E-state index in [2.05, 4.69) is 0 Å². The van der Waals surface area contributed by atoms with Crippen LogP contribution in [-0.2, 0) is 27.0 Å². The summed E-state index contributed by atoms with van der Waals surface area (Å²) in [6, 6.07) is 0. The number of esters is 1. The highest BCUT2D eigenvalue weighted by Gasteiger charge is 2.76. The molecule has 8 nitrogen and oxygen atoms in total. The van der Waals surface area contributed by atoms with Gasteiger partial charge in [0.05, 0.1) is 15.8 Å². The number of alkyl halides is 2. The van der Waals surface area contributed by atoms with Crippen LogP contribution in [0.25, 0.3) is 0 Å². The molecule has 5 aliphatic rings. The molecule has 0 amide bonds. The number of carbonyl (C=O) groups is 4. The maximum atomic E-state index is 17.5. The Labute approximate surface area is 224 Å². The Morgan fingerprint density at radius 3 is 2.51 bits per heavy atom. The van der Waals surface area contributed by atoms with Crippen molar-refractivity contribution in [3.63, 3.8) is 0 Å². The van der Waals surface area contributed by atoms with Crippen molar-refractivity contribution in [2.45, 2.75) is 68.1 Å². The number of aliphatic carboxylic acids is 1. The fourth-order valence-corrected chi connectivity index (χ4v) is 10.8. The molecule has 202 valence electrons. The third-order valence-corrected chi connectivity index (χ3v) is 12.4. The zero-order valence-corrected chi connectivity index (χ0v) is 23.2. The topological polar surface area (TPSA) is 135 Å². The van der Waals surface area contributed by atoms with E-state index in [4.69, 9.17) is 9.84 Å². The van der Waals surface area contributed by atoms with Gasteiger partial charge in [0.1, 0.15) is 11.3 Å². The molecule has 37 heavy (non-hydrogen) atoms. The second-order valence-electron chi connectivity index (χ2n) is 12.0. The Kier molecular flexibility index (Phi) is 6.22.